The number of hydrogen-bond acceptors (Lipinski definition) is 5. The topological polar surface area (TPSA) is 147 Å². The Morgan fingerprint density at radius 1 is 1.29 bits per heavy atom. The van der Waals surface area contributed by atoms with E-state index in [1.807, 2.05) is 0 Å². The highest BCUT2D eigenvalue weighted by atomic mass is 32.2. The number of nitrogens with two attached hydrogens (primary N) is 1. The van der Waals surface area contributed by atoms with E-state index in [2.05, 4.69) is 5.32 Å². The molecule has 0 unspecified atom stereocenters. The van der Waals surface area contributed by atoms with Crippen LogP contribution in [0.15, 0.2) is 0 Å². The van der Waals surface area contributed by atoms with Crippen molar-refractivity contribution in [2.24, 2.45) is 11.7 Å². The number of amides is 1. The van der Waals surface area contributed by atoms with Crippen LogP contribution < -0.4 is 11.1 Å². The van der Waals surface area contributed by atoms with Crippen molar-refractivity contribution in [1.29, 1.82) is 0 Å². The van der Waals surface area contributed by atoms with Crippen molar-refractivity contribution >= 4 is 22.0 Å². The first-order valence-electron chi connectivity index (χ1n) is 5.49. The Hall–Kier alpha value is -1.40. The maximum Gasteiger partial charge on any atom is 0.490 e. The minimum atomic E-state index is -5.08. The zero-order valence-electron chi connectivity index (χ0n) is 10.8. The highest BCUT2D eigenvalue weighted by Gasteiger charge is 2.47. The van der Waals surface area contributed by atoms with Crippen molar-refractivity contribution in [2.75, 3.05) is 6.26 Å². The zero-order chi connectivity index (χ0) is 17.0. The SMILES string of the molecule is CS(=O)(=O)O.NC(=O)[C@H]1C[C@H]2C[C@H]2N1.O=C(O)C(F)(F)F. The number of carboxylic acids is 1. The molecule has 1 saturated heterocycles. The molecule has 8 nitrogen and oxygen atoms in total. The number of nitrogens with one attached hydrogen (secondary N) is 1. The Kier molecular flexibility index (Phi) is 6.57. The van der Waals surface area contributed by atoms with Crippen LogP contribution in [0.25, 0.3) is 0 Å². The molecule has 21 heavy (non-hydrogen) atoms. The van der Waals surface area contributed by atoms with Crippen molar-refractivity contribution in [3.63, 3.8) is 0 Å². The molecule has 0 radical (unpaired) electrons. The molecule has 0 aromatic rings. The van der Waals surface area contributed by atoms with Crippen molar-refractivity contribution in [2.45, 2.75) is 31.1 Å². The molecule has 2 rings (SSSR count). The molecule has 3 atom stereocenters. The third-order valence-corrected chi connectivity index (χ3v) is 2.46. The van der Waals surface area contributed by atoms with Crippen LogP contribution >= 0.6 is 0 Å². The molecular weight excluding hydrogens is 321 g/mol. The van der Waals surface area contributed by atoms with Crippen molar-refractivity contribution in [3.8, 4) is 0 Å². The molecule has 0 spiro atoms. The van der Waals surface area contributed by atoms with Gasteiger partial charge in [0.2, 0.25) is 5.91 Å². The summed E-state index contributed by atoms with van der Waals surface area (Å²) in [7, 11) is -3.67. The van der Waals surface area contributed by atoms with Crippen LogP contribution in [0, 0.1) is 5.92 Å². The number of carbonyl (C=O) groups excluding carboxylic acids is 1. The predicted molar refractivity (Wildman–Crippen MR) is 63.8 cm³/mol. The van der Waals surface area contributed by atoms with Crippen LogP contribution in [0.1, 0.15) is 12.8 Å². The third kappa shape index (κ3) is 10.0. The van der Waals surface area contributed by atoms with Gasteiger partial charge in [-0.05, 0) is 18.8 Å². The number of carbonyl (C=O) groups is 2. The van der Waals surface area contributed by atoms with E-state index in [0.29, 0.717) is 12.3 Å². The van der Waals surface area contributed by atoms with Gasteiger partial charge < -0.3 is 16.2 Å². The second-order valence-corrected chi connectivity index (χ2v) is 5.96. The van der Waals surface area contributed by atoms with E-state index in [-0.39, 0.29) is 11.9 Å². The molecule has 124 valence electrons. The summed E-state index contributed by atoms with van der Waals surface area (Å²) in [5.74, 6) is -2.18. The van der Waals surface area contributed by atoms with Gasteiger partial charge in [0, 0.05) is 6.04 Å². The third-order valence-electron chi connectivity index (χ3n) is 2.46. The lowest BCUT2D eigenvalue weighted by Crippen LogP contribution is -2.38. The quantitative estimate of drug-likeness (QED) is 0.466. The van der Waals surface area contributed by atoms with Crippen molar-refractivity contribution in [3.05, 3.63) is 0 Å². The van der Waals surface area contributed by atoms with Gasteiger partial charge in [0.1, 0.15) is 0 Å². The van der Waals surface area contributed by atoms with Gasteiger partial charge in [-0.15, -0.1) is 0 Å². The van der Waals surface area contributed by atoms with E-state index in [0.717, 1.165) is 12.3 Å². The van der Waals surface area contributed by atoms with Crippen LogP contribution in [0.3, 0.4) is 0 Å². The molecule has 2 fully saturated rings. The van der Waals surface area contributed by atoms with Crippen LogP contribution in [0.2, 0.25) is 0 Å². The first kappa shape index (κ1) is 19.6. The number of primary amides is 1. The minimum Gasteiger partial charge on any atom is -0.475 e. The monoisotopic (exact) mass is 336 g/mol. The second kappa shape index (κ2) is 7.04. The summed E-state index contributed by atoms with van der Waals surface area (Å²) < 4.78 is 57.6. The highest BCUT2D eigenvalue weighted by Crippen LogP contribution is 2.40. The van der Waals surface area contributed by atoms with Gasteiger partial charge >= 0.3 is 12.1 Å². The van der Waals surface area contributed by atoms with E-state index in [4.69, 9.17) is 20.2 Å². The van der Waals surface area contributed by atoms with Gasteiger partial charge in [0.15, 0.2) is 0 Å². The summed E-state index contributed by atoms with van der Waals surface area (Å²) >= 11 is 0. The molecule has 1 heterocycles. The first-order valence-corrected chi connectivity index (χ1v) is 7.34. The Bertz CT molecular complexity index is 474. The van der Waals surface area contributed by atoms with Crippen LogP contribution in [0.4, 0.5) is 13.2 Å². The number of aliphatic carboxylic acids is 1. The largest absolute Gasteiger partial charge is 0.490 e. The summed E-state index contributed by atoms with van der Waals surface area (Å²) in [5, 5.41) is 10.3. The van der Waals surface area contributed by atoms with Crippen molar-refractivity contribution < 1.29 is 40.8 Å². The molecule has 12 heteroatoms. The number of carboxylic acid groups (broad SMARTS) is 1. The van der Waals surface area contributed by atoms with E-state index in [1.54, 1.807) is 0 Å². The molecule has 1 saturated carbocycles. The van der Waals surface area contributed by atoms with Gasteiger partial charge in [-0.25, -0.2) is 4.79 Å². The molecule has 0 aromatic heterocycles. The summed E-state index contributed by atoms with van der Waals surface area (Å²) in [5.41, 5.74) is 5.08. The number of halogens is 3. The Balaban J connectivity index is 0.000000302. The fraction of sp³-hybridized carbons (Fsp3) is 0.778. The minimum absolute atomic E-state index is 0.0197. The average molecular weight is 336 g/mol. The summed E-state index contributed by atoms with van der Waals surface area (Å²) in [6, 6.07) is 0.608. The number of hydrogen-bond donors (Lipinski definition) is 4. The van der Waals surface area contributed by atoms with Gasteiger partial charge in [-0.1, -0.05) is 0 Å². The summed E-state index contributed by atoms with van der Waals surface area (Å²) in [6.07, 6.45) is -2.14. The standard InChI is InChI=1S/C6H10N2O.C2HF3O2.CH4O3S/c7-6(9)5-2-3-1-4(3)8-5;3-2(4,5)1(6)7;1-5(2,3)4/h3-5,8H,1-2H2,(H2,7,9);(H,6,7);1H3,(H,2,3,4)/t3-,4-,5-;;/m1../s1. The van der Waals surface area contributed by atoms with Gasteiger partial charge in [0.25, 0.3) is 10.1 Å². The fourth-order valence-corrected chi connectivity index (χ4v) is 1.54. The average Bonchev–Trinajstić information content (AvgIpc) is 2.82. The second-order valence-electron chi connectivity index (χ2n) is 4.50. The van der Waals surface area contributed by atoms with Gasteiger partial charge in [0.05, 0.1) is 12.3 Å². The molecule has 5 N–H and O–H groups in total. The maximum absolute atomic E-state index is 10.6. The van der Waals surface area contributed by atoms with Gasteiger partial charge in [-0.2, -0.15) is 21.6 Å². The maximum atomic E-state index is 10.6. The summed E-state index contributed by atoms with van der Waals surface area (Å²) in [6.45, 7) is 0. The smallest absolute Gasteiger partial charge is 0.475 e. The lowest BCUT2D eigenvalue weighted by molar-refractivity contribution is -0.192. The first-order chi connectivity index (χ1) is 9.21. The zero-order valence-corrected chi connectivity index (χ0v) is 11.6. The Morgan fingerprint density at radius 2 is 1.67 bits per heavy atom. The predicted octanol–water partition coefficient (Wildman–Crippen LogP) is -0.641. The molecule has 0 aromatic carbocycles. The van der Waals surface area contributed by atoms with E-state index >= 15 is 0 Å². The Morgan fingerprint density at radius 3 is 1.81 bits per heavy atom. The lowest BCUT2D eigenvalue weighted by Gasteiger charge is -2.06. The lowest BCUT2D eigenvalue weighted by atomic mass is 10.2. The molecule has 1 amide bonds. The van der Waals surface area contributed by atoms with Crippen molar-refractivity contribution in [1.82, 2.24) is 5.32 Å². The van der Waals surface area contributed by atoms with E-state index in [1.165, 1.54) is 6.42 Å². The van der Waals surface area contributed by atoms with E-state index in [9.17, 15) is 26.4 Å². The van der Waals surface area contributed by atoms with Crippen LogP contribution in [0.5, 0.6) is 0 Å². The highest BCUT2D eigenvalue weighted by molar-refractivity contribution is 7.85. The van der Waals surface area contributed by atoms with Gasteiger partial charge in [-0.3, -0.25) is 9.35 Å². The molecular formula is C9H15F3N2O6S. The molecule has 2 aliphatic rings. The van der Waals surface area contributed by atoms with Crippen LogP contribution in [-0.2, 0) is 19.7 Å². The van der Waals surface area contributed by atoms with E-state index < -0.39 is 22.3 Å². The summed E-state index contributed by atoms with van der Waals surface area (Å²) in [4.78, 5) is 19.4. The number of rotatable bonds is 1. The molecule has 1 aliphatic carbocycles. The Labute approximate surface area is 118 Å². The molecule has 1 aliphatic heterocycles. The number of alkyl halides is 3. The molecule has 0 bridgehead atoms. The van der Waals surface area contributed by atoms with Crippen LogP contribution in [-0.4, -0.2) is 54.5 Å². The fourth-order valence-electron chi connectivity index (χ4n) is 1.54. The normalized spacial score (nSPS) is 26.4. The number of piperidine rings is 1. The number of fused-ring (bicyclic) bond motifs is 1.